The minimum Gasteiger partial charge on any atom is -0.399 e. The lowest BCUT2D eigenvalue weighted by molar-refractivity contribution is 0.0946. The van der Waals surface area contributed by atoms with Gasteiger partial charge < -0.3 is 15.6 Å². The third-order valence-corrected chi connectivity index (χ3v) is 2.91. The molecule has 1 amide bonds. The molecule has 0 aliphatic heterocycles. The Morgan fingerprint density at radius 2 is 2.30 bits per heavy atom. The zero-order chi connectivity index (χ0) is 14.1. The number of nitrogens with zero attached hydrogens (tertiary/aromatic N) is 2. The number of nitrogens with two attached hydrogens (primary N) is 1. The largest absolute Gasteiger partial charge is 0.399 e. The Kier molecular flexibility index (Phi) is 2.86. The lowest BCUT2D eigenvalue weighted by Gasteiger charge is -2.00. The fourth-order valence-electron chi connectivity index (χ4n) is 1.96. The quantitative estimate of drug-likeness (QED) is 0.623. The van der Waals surface area contributed by atoms with E-state index in [9.17, 15) is 4.79 Å². The molecule has 2 aromatic heterocycles. The number of aromatic amines is 1. The molecular formula is C13H13N5O2. The van der Waals surface area contributed by atoms with E-state index in [1.54, 1.807) is 31.2 Å². The maximum absolute atomic E-state index is 12.1. The molecule has 0 saturated carbocycles. The molecule has 0 aliphatic carbocycles. The van der Waals surface area contributed by atoms with E-state index in [1.807, 2.05) is 0 Å². The highest BCUT2D eigenvalue weighted by molar-refractivity contribution is 6.05. The van der Waals surface area contributed by atoms with E-state index in [1.165, 1.54) is 0 Å². The Balaban J connectivity index is 1.80. The van der Waals surface area contributed by atoms with Gasteiger partial charge in [0.25, 0.3) is 5.91 Å². The molecule has 0 fully saturated rings. The summed E-state index contributed by atoms with van der Waals surface area (Å²) in [4.78, 5) is 12.1. The third-order valence-electron chi connectivity index (χ3n) is 2.91. The van der Waals surface area contributed by atoms with E-state index >= 15 is 0 Å². The number of H-pyrrole nitrogens is 1. The summed E-state index contributed by atoms with van der Waals surface area (Å²) in [5, 5.41) is 14.1. The molecule has 4 N–H and O–H groups in total. The van der Waals surface area contributed by atoms with Crippen molar-refractivity contribution in [3.8, 4) is 0 Å². The Bertz CT molecular complexity index is 774. The monoisotopic (exact) mass is 271 g/mol. The standard InChI is InChI=1S/C13H13N5O2/c1-7-4-9(18-20-7)6-15-13(19)12-10-5-8(14)2-3-11(10)16-17-12/h2-5H,6,14H2,1H3,(H,15,19)(H,16,17). The predicted molar refractivity (Wildman–Crippen MR) is 72.9 cm³/mol. The van der Waals surface area contributed by atoms with Crippen molar-refractivity contribution in [1.82, 2.24) is 20.7 Å². The molecule has 7 nitrogen and oxygen atoms in total. The number of fused-ring (bicyclic) bond motifs is 1. The van der Waals surface area contributed by atoms with Gasteiger partial charge in [0.05, 0.1) is 12.1 Å². The van der Waals surface area contributed by atoms with Crippen molar-refractivity contribution in [2.75, 3.05) is 5.73 Å². The SMILES string of the molecule is Cc1cc(CNC(=O)c2n[nH]c3ccc(N)cc23)no1. The first-order valence-electron chi connectivity index (χ1n) is 6.07. The molecule has 0 atom stereocenters. The smallest absolute Gasteiger partial charge is 0.272 e. The second kappa shape index (κ2) is 4.69. The first-order valence-corrected chi connectivity index (χ1v) is 6.07. The van der Waals surface area contributed by atoms with Gasteiger partial charge in [0, 0.05) is 17.1 Å². The molecule has 0 aliphatic rings. The molecule has 0 bridgehead atoms. The van der Waals surface area contributed by atoms with Crippen LogP contribution in [0.15, 0.2) is 28.8 Å². The van der Waals surface area contributed by atoms with E-state index in [2.05, 4.69) is 20.7 Å². The fourth-order valence-corrected chi connectivity index (χ4v) is 1.96. The summed E-state index contributed by atoms with van der Waals surface area (Å²) in [5.41, 5.74) is 8.05. The summed E-state index contributed by atoms with van der Waals surface area (Å²) in [6.07, 6.45) is 0. The zero-order valence-corrected chi connectivity index (χ0v) is 10.8. The van der Waals surface area contributed by atoms with E-state index < -0.39 is 0 Å². The van der Waals surface area contributed by atoms with Crippen molar-refractivity contribution in [2.45, 2.75) is 13.5 Å². The summed E-state index contributed by atoms with van der Waals surface area (Å²) >= 11 is 0. The van der Waals surface area contributed by atoms with Gasteiger partial charge in [-0.2, -0.15) is 5.10 Å². The highest BCUT2D eigenvalue weighted by Gasteiger charge is 2.14. The molecule has 2 heterocycles. The number of aryl methyl sites for hydroxylation is 1. The van der Waals surface area contributed by atoms with Crippen molar-refractivity contribution >= 4 is 22.5 Å². The van der Waals surface area contributed by atoms with E-state index in [4.69, 9.17) is 10.3 Å². The van der Waals surface area contributed by atoms with Crippen LogP contribution < -0.4 is 11.1 Å². The number of hydrogen-bond donors (Lipinski definition) is 3. The number of nitrogens with one attached hydrogen (secondary N) is 2. The van der Waals surface area contributed by atoms with Crippen LogP contribution in [-0.4, -0.2) is 21.3 Å². The Morgan fingerprint density at radius 3 is 3.05 bits per heavy atom. The topological polar surface area (TPSA) is 110 Å². The maximum atomic E-state index is 12.1. The Labute approximate surface area is 114 Å². The van der Waals surface area contributed by atoms with Gasteiger partial charge in [-0.25, -0.2) is 0 Å². The number of carbonyl (C=O) groups excluding carboxylic acids is 1. The van der Waals surface area contributed by atoms with Crippen molar-refractivity contribution in [1.29, 1.82) is 0 Å². The van der Waals surface area contributed by atoms with Gasteiger partial charge in [-0.1, -0.05) is 5.16 Å². The molecule has 3 aromatic rings. The van der Waals surface area contributed by atoms with Crippen LogP contribution in [-0.2, 0) is 6.54 Å². The minimum atomic E-state index is -0.289. The summed E-state index contributed by atoms with van der Waals surface area (Å²) in [5.74, 6) is 0.412. The highest BCUT2D eigenvalue weighted by Crippen LogP contribution is 2.18. The van der Waals surface area contributed by atoms with Crippen LogP contribution in [0.4, 0.5) is 5.69 Å². The van der Waals surface area contributed by atoms with Gasteiger partial charge in [-0.3, -0.25) is 9.89 Å². The van der Waals surface area contributed by atoms with Crippen LogP contribution in [0, 0.1) is 6.92 Å². The van der Waals surface area contributed by atoms with Crippen LogP contribution in [0.2, 0.25) is 0 Å². The molecule has 0 unspecified atom stereocenters. The second-order valence-corrected chi connectivity index (χ2v) is 4.49. The maximum Gasteiger partial charge on any atom is 0.272 e. The van der Waals surface area contributed by atoms with Gasteiger partial charge >= 0.3 is 0 Å². The number of anilines is 1. The van der Waals surface area contributed by atoms with E-state index in [0.29, 0.717) is 28.2 Å². The van der Waals surface area contributed by atoms with Crippen molar-refractivity contribution in [3.63, 3.8) is 0 Å². The van der Waals surface area contributed by atoms with Gasteiger partial charge in [0.1, 0.15) is 11.5 Å². The van der Waals surface area contributed by atoms with E-state index in [-0.39, 0.29) is 12.5 Å². The second-order valence-electron chi connectivity index (χ2n) is 4.49. The minimum absolute atomic E-state index is 0.285. The van der Waals surface area contributed by atoms with Crippen LogP contribution in [0.5, 0.6) is 0 Å². The molecule has 20 heavy (non-hydrogen) atoms. The van der Waals surface area contributed by atoms with Crippen molar-refractivity contribution in [3.05, 3.63) is 41.4 Å². The van der Waals surface area contributed by atoms with Gasteiger partial charge in [-0.05, 0) is 25.1 Å². The van der Waals surface area contributed by atoms with E-state index in [0.717, 1.165) is 5.52 Å². The summed E-state index contributed by atoms with van der Waals surface area (Å²) in [7, 11) is 0. The normalized spacial score (nSPS) is 10.8. The molecule has 1 aromatic carbocycles. The zero-order valence-electron chi connectivity index (χ0n) is 10.8. The summed E-state index contributed by atoms with van der Waals surface area (Å²) in [6.45, 7) is 2.08. The lowest BCUT2D eigenvalue weighted by atomic mass is 10.2. The molecule has 0 saturated heterocycles. The first-order chi connectivity index (χ1) is 9.63. The number of carbonyl (C=O) groups is 1. The number of aromatic nitrogens is 3. The number of hydrogen-bond acceptors (Lipinski definition) is 5. The number of benzene rings is 1. The molecule has 0 spiro atoms. The van der Waals surface area contributed by atoms with Crippen molar-refractivity contribution < 1.29 is 9.32 Å². The van der Waals surface area contributed by atoms with Crippen LogP contribution >= 0.6 is 0 Å². The highest BCUT2D eigenvalue weighted by atomic mass is 16.5. The number of rotatable bonds is 3. The van der Waals surface area contributed by atoms with Gasteiger partial charge in [-0.15, -0.1) is 0 Å². The average Bonchev–Trinajstić information content (AvgIpc) is 3.02. The molecule has 3 rings (SSSR count). The molecule has 0 radical (unpaired) electrons. The summed E-state index contributed by atoms with van der Waals surface area (Å²) in [6, 6.07) is 7.02. The lowest BCUT2D eigenvalue weighted by Crippen LogP contribution is -2.23. The Hall–Kier alpha value is -2.83. The van der Waals surface area contributed by atoms with Gasteiger partial charge in [0.2, 0.25) is 0 Å². The first kappa shape index (κ1) is 12.2. The fraction of sp³-hybridized carbons (Fsp3) is 0.154. The van der Waals surface area contributed by atoms with Gasteiger partial charge in [0.15, 0.2) is 5.69 Å². The number of amides is 1. The van der Waals surface area contributed by atoms with Crippen LogP contribution in [0.25, 0.3) is 10.9 Å². The predicted octanol–water partition coefficient (Wildman–Crippen LogP) is 1.37. The molecule has 102 valence electrons. The summed E-state index contributed by atoms with van der Waals surface area (Å²) < 4.78 is 4.93. The van der Waals surface area contributed by atoms with Crippen molar-refractivity contribution in [2.24, 2.45) is 0 Å². The molecule has 7 heteroatoms. The Morgan fingerprint density at radius 1 is 1.45 bits per heavy atom. The molecular weight excluding hydrogens is 258 g/mol. The van der Waals surface area contributed by atoms with Crippen LogP contribution in [0.1, 0.15) is 21.9 Å². The third kappa shape index (κ3) is 2.20. The average molecular weight is 271 g/mol. The van der Waals surface area contributed by atoms with Crippen LogP contribution in [0.3, 0.4) is 0 Å². The number of nitrogen functional groups attached to an aromatic ring is 1.